The van der Waals surface area contributed by atoms with Gasteiger partial charge in [-0.3, -0.25) is 4.79 Å². The minimum atomic E-state index is -0.970. The van der Waals surface area contributed by atoms with Gasteiger partial charge in [0.1, 0.15) is 6.04 Å². The molecule has 1 unspecified atom stereocenters. The number of hydrogen-bond acceptors (Lipinski definition) is 3. The van der Waals surface area contributed by atoms with Gasteiger partial charge in [-0.15, -0.1) is 24.8 Å². The normalized spacial score (nSPS) is 10.6. The number of nitrogens with one attached hydrogen (secondary N) is 1. The highest BCUT2D eigenvalue weighted by Gasteiger charge is 2.11. The van der Waals surface area contributed by atoms with E-state index in [-0.39, 0.29) is 24.8 Å². The maximum Gasteiger partial charge on any atom is 0.320 e. The summed E-state index contributed by atoms with van der Waals surface area (Å²) in [5, 5.41) is 11.6. The summed E-state index contributed by atoms with van der Waals surface area (Å²) >= 11 is 0. The fraction of sp³-hybridized carbons (Fsp3) is 0.300. The average molecular weight is 267 g/mol. The number of anilines is 1. The Morgan fingerprint density at radius 3 is 2.25 bits per heavy atom. The molecular formula is C10H16Cl2N2O2. The number of carbonyl (C=O) groups is 1. The average Bonchev–Trinajstić information content (AvgIpc) is 2.19. The molecule has 0 aliphatic heterocycles. The van der Waals surface area contributed by atoms with E-state index in [0.717, 1.165) is 11.3 Å². The van der Waals surface area contributed by atoms with E-state index in [4.69, 9.17) is 10.8 Å². The Balaban J connectivity index is 0. The first kappa shape index (κ1) is 17.4. The molecule has 1 rings (SSSR count). The number of carboxylic acids is 1. The van der Waals surface area contributed by atoms with Gasteiger partial charge in [0, 0.05) is 12.7 Å². The third kappa shape index (κ3) is 5.21. The summed E-state index contributed by atoms with van der Waals surface area (Å²) in [6.07, 6.45) is 0.360. The van der Waals surface area contributed by atoms with Crippen molar-refractivity contribution >= 4 is 36.5 Å². The van der Waals surface area contributed by atoms with Crippen LogP contribution in [0.3, 0.4) is 0 Å². The molecule has 6 heteroatoms. The van der Waals surface area contributed by atoms with Gasteiger partial charge in [0.15, 0.2) is 0 Å². The Hall–Kier alpha value is -0.970. The predicted molar refractivity (Wildman–Crippen MR) is 69.8 cm³/mol. The topological polar surface area (TPSA) is 75.3 Å². The van der Waals surface area contributed by atoms with Gasteiger partial charge in [0.25, 0.3) is 0 Å². The van der Waals surface area contributed by atoms with Crippen LogP contribution in [0.5, 0.6) is 0 Å². The van der Waals surface area contributed by atoms with E-state index < -0.39 is 12.0 Å². The molecule has 1 atom stereocenters. The maximum absolute atomic E-state index is 10.5. The monoisotopic (exact) mass is 266 g/mol. The first-order valence-corrected chi connectivity index (χ1v) is 4.38. The Kier molecular flexibility index (Phi) is 8.95. The number of nitrogens with two attached hydrogens (primary N) is 1. The van der Waals surface area contributed by atoms with Crippen LogP contribution in [-0.4, -0.2) is 24.2 Å². The fourth-order valence-electron chi connectivity index (χ4n) is 1.15. The van der Waals surface area contributed by atoms with Crippen LogP contribution in [0.4, 0.5) is 5.69 Å². The van der Waals surface area contributed by atoms with Crippen LogP contribution in [0.15, 0.2) is 24.3 Å². The summed E-state index contributed by atoms with van der Waals surface area (Å²) in [5.41, 5.74) is 7.33. The summed E-state index contributed by atoms with van der Waals surface area (Å²) in [4.78, 5) is 10.5. The summed E-state index contributed by atoms with van der Waals surface area (Å²) in [7, 11) is 1.83. The molecule has 92 valence electrons. The molecule has 0 saturated carbocycles. The minimum absolute atomic E-state index is 0. The third-order valence-corrected chi connectivity index (χ3v) is 2.02. The minimum Gasteiger partial charge on any atom is -0.480 e. The van der Waals surface area contributed by atoms with Crippen LogP contribution in [-0.2, 0) is 11.2 Å². The predicted octanol–water partition coefficient (Wildman–Crippen LogP) is 1.53. The molecular weight excluding hydrogens is 251 g/mol. The second-order valence-corrected chi connectivity index (χ2v) is 3.10. The van der Waals surface area contributed by atoms with Crippen LogP contribution >= 0.6 is 24.8 Å². The second-order valence-electron chi connectivity index (χ2n) is 3.10. The summed E-state index contributed by atoms with van der Waals surface area (Å²) in [5.74, 6) is -0.970. The number of rotatable bonds is 4. The molecule has 1 aromatic carbocycles. The van der Waals surface area contributed by atoms with Crippen molar-refractivity contribution in [3.8, 4) is 0 Å². The molecule has 0 fully saturated rings. The van der Waals surface area contributed by atoms with Gasteiger partial charge in [-0.05, 0) is 24.1 Å². The van der Waals surface area contributed by atoms with Crippen molar-refractivity contribution in [1.29, 1.82) is 0 Å². The van der Waals surface area contributed by atoms with E-state index in [0.29, 0.717) is 6.42 Å². The number of carboxylic acid groups (broad SMARTS) is 1. The van der Waals surface area contributed by atoms with Crippen molar-refractivity contribution in [1.82, 2.24) is 0 Å². The summed E-state index contributed by atoms with van der Waals surface area (Å²) in [6.45, 7) is 0. The van der Waals surface area contributed by atoms with E-state index in [1.54, 1.807) is 0 Å². The third-order valence-electron chi connectivity index (χ3n) is 2.02. The fourth-order valence-corrected chi connectivity index (χ4v) is 1.15. The highest BCUT2D eigenvalue weighted by atomic mass is 35.5. The molecule has 0 heterocycles. The van der Waals surface area contributed by atoms with Crippen LogP contribution < -0.4 is 11.1 Å². The zero-order chi connectivity index (χ0) is 10.6. The Morgan fingerprint density at radius 1 is 1.38 bits per heavy atom. The molecule has 0 radical (unpaired) electrons. The summed E-state index contributed by atoms with van der Waals surface area (Å²) < 4.78 is 0. The van der Waals surface area contributed by atoms with Crippen molar-refractivity contribution < 1.29 is 9.90 Å². The van der Waals surface area contributed by atoms with Crippen molar-refractivity contribution in [3.63, 3.8) is 0 Å². The standard InChI is InChI=1S/C10H14N2O2.2ClH/c1-12-8-4-2-7(3-5-8)6-9(11)10(13)14;;/h2-5,9,12H,6,11H2,1H3,(H,13,14);2*1H. The van der Waals surface area contributed by atoms with Gasteiger partial charge in [0.2, 0.25) is 0 Å². The lowest BCUT2D eigenvalue weighted by atomic mass is 10.1. The van der Waals surface area contributed by atoms with Crippen molar-refractivity contribution in [2.24, 2.45) is 5.73 Å². The molecule has 0 bridgehead atoms. The van der Waals surface area contributed by atoms with Crippen LogP contribution in [0.1, 0.15) is 5.56 Å². The Morgan fingerprint density at radius 2 is 1.88 bits per heavy atom. The molecule has 4 nitrogen and oxygen atoms in total. The first-order valence-electron chi connectivity index (χ1n) is 4.38. The van der Waals surface area contributed by atoms with E-state index >= 15 is 0 Å². The van der Waals surface area contributed by atoms with Crippen LogP contribution in [0.25, 0.3) is 0 Å². The molecule has 1 aromatic rings. The van der Waals surface area contributed by atoms with E-state index in [1.807, 2.05) is 31.3 Å². The summed E-state index contributed by atoms with van der Waals surface area (Å²) in [6, 6.07) is 6.70. The van der Waals surface area contributed by atoms with Crippen molar-refractivity contribution in [2.75, 3.05) is 12.4 Å². The van der Waals surface area contributed by atoms with Gasteiger partial charge in [-0.1, -0.05) is 12.1 Å². The van der Waals surface area contributed by atoms with Gasteiger partial charge in [0.05, 0.1) is 0 Å². The Bertz CT molecular complexity index is 317. The highest BCUT2D eigenvalue weighted by molar-refractivity contribution is 5.85. The number of aliphatic carboxylic acids is 1. The van der Waals surface area contributed by atoms with Crippen molar-refractivity contribution in [3.05, 3.63) is 29.8 Å². The zero-order valence-corrected chi connectivity index (χ0v) is 10.5. The van der Waals surface area contributed by atoms with Gasteiger partial charge < -0.3 is 16.2 Å². The van der Waals surface area contributed by atoms with Crippen LogP contribution in [0, 0.1) is 0 Å². The SMILES string of the molecule is CNc1ccc(CC(N)C(=O)O)cc1.Cl.Cl. The lowest BCUT2D eigenvalue weighted by Gasteiger charge is -2.07. The first-order chi connectivity index (χ1) is 6.63. The molecule has 0 saturated heterocycles. The van der Waals surface area contributed by atoms with Gasteiger partial charge in [-0.25, -0.2) is 0 Å². The van der Waals surface area contributed by atoms with E-state index in [2.05, 4.69) is 5.32 Å². The molecule has 0 spiro atoms. The number of halogens is 2. The second kappa shape index (κ2) is 8.21. The zero-order valence-electron chi connectivity index (χ0n) is 8.84. The van der Waals surface area contributed by atoms with Crippen molar-refractivity contribution in [2.45, 2.75) is 12.5 Å². The molecule has 16 heavy (non-hydrogen) atoms. The van der Waals surface area contributed by atoms with Gasteiger partial charge in [-0.2, -0.15) is 0 Å². The molecule has 4 N–H and O–H groups in total. The molecule has 0 amide bonds. The molecule has 0 aliphatic carbocycles. The van der Waals surface area contributed by atoms with Crippen LogP contribution in [0.2, 0.25) is 0 Å². The van der Waals surface area contributed by atoms with E-state index in [1.165, 1.54) is 0 Å². The van der Waals surface area contributed by atoms with Gasteiger partial charge >= 0.3 is 5.97 Å². The lowest BCUT2D eigenvalue weighted by molar-refractivity contribution is -0.138. The maximum atomic E-state index is 10.5. The highest BCUT2D eigenvalue weighted by Crippen LogP contribution is 2.09. The number of hydrogen-bond donors (Lipinski definition) is 3. The molecule has 0 aromatic heterocycles. The van der Waals surface area contributed by atoms with E-state index in [9.17, 15) is 4.79 Å². The lowest BCUT2D eigenvalue weighted by Crippen LogP contribution is -2.32. The smallest absolute Gasteiger partial charge is 0.320 e. The molecule has 0 aliphatic rings. The number of benzene rings is 1. The quantitative estimate of drug-likeness (QED) is 0.773. The largest absolute Gasteiger partial charge is 0.480 e. The Labute approximate surface area is 107 Å².